The van der Waals surface area contributed by atoms with Crippen molar-refractivity contribution in [1.82, 2.24) is 5.32 Å². The van der Waals surface area contributed by atoms with Crippen LogP contribution in [-0.4, -0.2) is 18.8 Å². The molecule has 0 amide bonds. The predicted molar refractivity (Wildman–Crippen MR) is 68.1 cm³/mol. The van der Waals surface area contributed by atoms with E-state index in [4.69, 9.17) is 9.15 Å². The van der Waals surface area contributed by atoms with Gasteiger partial charge in [0.2, 0.25) is 0 Å². The van der Waals surface area contributed by atoms with Crippen molar-refractivity contribution >= 4 is 0 Å². The van der Waals surface area contributed by atoms with Crippen LogP contribution in [0.3, 0.4) is 0 Å². The second kappa shape index (κ2) is 5.23. The van der Waals surface area contributed by atoms with Gasteiger partial charge in [0.05, 0.1) is 11.6 Å². The van der Waals surface area contributed by atoms with E-state index in [0.29, 0.717) is 0 Å². The highest BCUT2D eigenvalue weighted by Gasteiger charge is 2.40. The lowest BCUT2D eigenvalue weighted by Crippen LogP contribution is -2.41. The highest BCUT2D eigenvalue weighted by atomic mass is 16.5. The highest BCUT2D eigenvalue weighted by Crippen LogP contribution is 2.37. The van der Waals surface area contributed by atoms with Crippen molar-refractivity contribution in [3.63, 3.8) is 0 Å². The molecule has 17 heavy (non-hydrogen) atoms. The van der Waals surface area contributed by atoms with E-state index in [1.54, 1.807) is 0 Å². The van der Waals surface area contributed by atoms with Gasteiger partial charge in [-0.1, -0.05) is 13.8 Å². The summed E-state index contributed by atoms with van der Waals surface area (Å²) in [5.41, 5.74) is -0.126. The number of aryl methyl sites for hydroxylation is 1. The van der Waals surface area contributed by atoms with Crippen molar-refractivity contribution in [3.8, 4) is 0 Å². The van der Waals surface area contributed by atoms with E-state index in [-0.39, 0.29) is 11.6 Å². The topological polar surface area (TPSA) is 34.4 Å². The van der Waals surface area contributed by atoms with E-state index in [0.717, 1.165) is 43.9 Å². The Morgan fingerprint density at radius 1 is 1.41 bits per heavy atom. The standard InChI is InChI=1S/C14H23NO2/c1-4-11-7-8-12(17-11)13(15-5-2)14(3)9-6-10-16-14/h7-8,13,15H,4-6,9-10H2,1-3H3. The fourth-order valence-corrected chi connectivity index (χ4v) is 2.59. The zero-order valence-corrected chi connectivity index (χ0v) is 11.1. The van der Waals surface area contributed by atoms with Gasteiger partial charge in [0, 0.05) is 13.0 Å². The molecule has 1 aromatic rings. The number of nitrogens with one attached hydrogen (secondary N) is 1. The molecule has 0 spiro atoms. The number of hydrogen-bond donors (Lipinski definition) is 1. The largest absolute Gasteiger partial charge is 0.464 e. The van der Waals surface area contributed by atoms with Crippen molar-refractivity contribution in [2.24, 2.45) is 0 Å². The van der Waals surface area contributed by atoms with E-state index in [1.165, 1.54) is 0 Å². The third-order valence-corrected chi connectivity index (χ3v) is 3.58. The van der Waals surface area contributed by atoms with E-state index < -0.39 is 0 Å². The lowest BCUT2D eigenvalue weighted by atomic mass is 9.91. The van der Waals surface area contributed by atoms with Gasteiger partial charge in [-0.05, 0) is 38.4 Å². The molecule has 1 saturated heterocycles. The molecule has 2 heterocycles. The smallest absolute Gasteiger partial charge is 0.124 e. The van der Waals surface area contributed by atoms with Gasteiger partial charge in [-0.25, -0.2) is 0 Å². The fraction of sp³-hybridized carbons (Fsp3) is 0.714. The van der Waals surface area contributed by atoms with E-state index in [1.807, 2.05) is 0 Å². The second-order valence-corrected chi connectivity index (χ2v) is 4.91. The van der Waals surface area contributed by atoms with Crippen LogP contribution in [-0.2, 0) is 11.2 Å². The van der Waals surface area contributed by atoms with Crippen molar-refractivity contribution in [2.45, 2.75) is 51.7 Å². The average molecular weight is 237 g/mol. The van der Waals surface area contributed by atoms with Gasteiger partial charge >= 0.3 is 0 Å². The van der Waals surface area contributed by atoms with Crippen molar-refractivity contribution in [1.29, 1.82) is 0 Å². The number of likely N-dealkylation sites (N-methyl/N-ethyl adjacent to an activating group) is 1. The molecular formula is C14H23NO2. The molecule has 1 aliphatic heterocycles. The lowest BCUT2D eigenvalue weighted by Gasteiger charge is -2.32. The van der Waals surface area contributed by atoms with Gasteiger partial charge in [-0.15, -0.1) is 0 Å². The molecular weight excluding hydrogens is 214 g/mol. The maximum atomic E-state index is 5.93. The Balaban J connectivity index is 2.21. The minimum atomic E-state index is -0.126. The Kier molecular flexibility index (Phi) is 3.89. The first-order valence-corrected chi connectivity index (χ1v) is 6.65. The molecule has 0 aromatic carbocycles. The summed E-state index contributed by atoms with van der Waals surface area (Å²) in [5, 5.41) is 3.50. The lowest BCUT2D eigenvalue weighted by molar-refractivity contribution is -0.0179. The summed E-state index contributed by atoms with van der Waals surface area (Å²) in [6.45, 7) is 8.20. The zero-order chi connectivity index (χ0) is 12.3. The Labute approximate surface area is 104 Å². The third-order valence-electron chi connectivity index (χ3n) is 3.58. The van der Waals surface area contributed by atoms with E-state index in [9.17, 15) is 0 Å². The summed E-state index contributed by atoms with van der Waals surface area (Å²) in [4.78, 5) is 0. The molecule has 3 heteroatoms. The zero-order valence-electron chi connectivity index (χ0n) is 11.1. The van der Waals surface area contributed by atoms with Crippen LogP contribution in [0.1, 0.15) is 51.2 Å². The van der Waals surface area contributed by atoms with Gasteiger partial charge in [-0.2, -0.15) is 0 Å². The SMILES string of the molecule is CCNC(c1ccc(CC)o1)C1(C)CCCO1. The van der Waals surface area contributed by atoms with Gasteiger partial charge < -0.3 is 14.5 Å². The molecule has 1 aliphatic rings. The van der Waals surface area contributed by atoms with Crippen LogP contribution in [0.4, 0.5) is 0 Å². The molecule has 3 nitrogen and oxygen atoms in total. The van der Waals surface area contributed by atoms with Crippen LogP contribution in [0.15, 0.2) is 16.5 Å². The first-order chi connectivity index (χ1) is 8.19. The summed E-state index contributed by atoms with van der Waals surface area (Å²) in [6, 6.07) is 4.31. The summed E-state index contributed by atoms with van der Waals surface area (Å²) < 4.78 is 11.8. The summed E-state index contributed by atoms with van der Waals surface area (Å²) in [6.07, 6.45) is 3.17. The first kappa shape index (κ1) is 12.7. The fourth-order valence-electron chi connectivity index (χ4n) is 2.59. The van der Waals surface area contributed by atoms with Crippen LogP contribution >= 0.6 is 0 Å². The summed E-state index contributed by atoms with van der Waals surface area (Å²) in [7, 11) is 0. The van der Waals surface area contributed by atoms with Gasteiger partial charge in [-0.3, -0.25) is 0 Å². The highest BCUT2D eigenvalue weighted by molar-refractivity contribution is 5.15. The molecule has 1 fully saturated rings. The third kappa shape index (κ3) is 2.55. The molecule has 2 unspecified atom stereocenters. The molecule has 1 aromatic heterocycles. The molecule has 1 N–H and O–H groups in total. The monoisotopic (exact) mass is 237 g/mol. The Morgan fingerprint density at radius 3 is 2.76 bits per heavy atom. The van der Waals surface area contributed by atoms with E-state index in [2.05, 4.69) is 38.2 Å². The van der Waals surface area contributed by atoms with Crippen LogP contribution in [0.5, 0.6) is 0 Å². The number of rotatable bonds is 5. The normalized spacial score (nSPS) is 26.3. The summed E-state index contributed by atoms with van der Waals surface area (Å²) in [5.74, 6) is 2.05. The Morgan fingerprint density at radius 2 is 2.24 bits per heavy atom. The minimum absolute atomic E-state index is 0.126. The molecule has 2 atom stereocenters. The van der Waals surface area contributed by atoms with Gasteiger partial charge in [0.1, 0.15) is 11.5 Å². The molecule has 96 valence electrons. The molecule has 0 bridgehead atoms. The van der Waals surface area contributed by atoms with Gasteiger partial charge in [0.15, 0.2) is 0 Å². The van der Waals surface area contributed by atoms with Crippen LogP contribution in [0, 0.1) is 0 Å². The number of ether oxygens (including phenoxy) is 1. The van der Waals surface area contributed by atoms with Gasteiger partial charge in [0.25, 0.3) is 0 Å². The summed E-state index contributed by atoms with van der Waals surface area (Å²) >= 11 is 0. The first-order valence-electron chi connectivity index (χ1n) is 6.65. The van der Waals surface area contributed by atoms with Crippen LogP contribution < -0.4 is 5.32 Å². The maximum absolute atomic E-state index is 5.93. The van der Waals surface area contributed by atoms with Crippen LogP contribution in [0.25, 0.3) is 0 Å². The van der Waals surface area contributed by atoms with Crippen molar-refractivity contribution < 1.29 is 9.15 Å². The maximum Gasteiger partial charge on any atom is 0.124 e. The van der Waals surface area contributed by atoms with Crippen molar-refractivity contribution in [3.05, 3.63) is 23.7 Å². The molecule has 0 saturated carbocycles. The second-order valence-electron chi connectivity index (χ2n) is 4.91. The number of furan rings is 1. The van der Waals surface area contributed by atoms with Crippen molar-refractivity contribution in [2.75, 3.05) is 13.2 Å². The average Bonchev–Trinajstić information content (AvgIpc) is 2.95. The predicted octanol–water partition coefficient (Wildman–Crippen LogP) is 3.06. The Hall–Kier alpha value is -0.800. The molecule has 0 radical (unpaired) electrons. The molecule has 2 rings (SSSR count). The van der Waals surface area contributed by atoms with Crippen LogP contribution in [0.2, 0.25) is 0 Å². The minimum Gasteiger partial charge on any atom is -0.464 e. The molecule has 0 aliphatic carbocycles. The quantitative estimate of drug-likeness (QED) is 0.854. The van der Waals surface area contributed by atoms with E-state index >= 15 is 0 Å². The number of hydrogen-bond acceptors (Lipinski definition) is 3. The Bertz CT molecular complexity index is 353.